The molecule has 0 aromatic heterocycles. The molecule has 0 rings (SSSR count). The fourth-order valence-corrected chi connectivity index (χ4v) is 0. The molecule has 4 heavy (non-hydrogen) atoms. The van der Waals surface area contributed by atoms with E-state index in [1.165, 1.54) is 0 Å². The number of hydrogen-bond acceptors (Lipinski definition) is 2. The van der Waals surface area contributed by atoms with Crippen LogP contribution in [0.5, 0.6) is 0 Å². The Morgan fingerprint density at radius 1 is 2.00 bits per heavy atom. The Kier molecular flexibility index (Phi) is 4.52. The first-order valence-corrected chi connectivity index (χ1v) is 3.39. The average Bonchev–Trinajstić information content (AvgIpc) is 1.37. The summed E-state index contributed by atoms with van der Waals surface area (Å²) in [5.41, 5.74) is 0. The summed E-state index contributed by atoms with van der Waals surface area (Å²) < 4.78 is 3.53. The Morgan fingerprint density at radius 2 is 2.25 bits per heavy atom. The maximum absolute atomic E-state index is 7.37. The summed E-state index contributed by atoms with van der Waals surface area (Å²) in [6.07, 6.45) is 0. The lowest BCUT2D eigenvalue weighted by atomic mass is 15.0. The molecule has 0 aliphatic rings. The molecule has 4 heteroatoms. The standard InChI is InChI=1S/H4O2P2/c1-2-4-3/h1,4H,3H2. The Morgan fingerprint density at radius 3 is 2.25 bits per heavy atom. The van der Waals surface area contributed by atoms with E-state index in [1.54, 1.807) is 0 Å². The Labute approximate surface area is 28.4 Å². The molecule has 0 radical (unpaired) electrons. The lowest BCUT2D eigenvalue weighted by molar-refractivity contribution is -0.120. The van der Waals surface area contributed by atoms with Gasteiger partial charge in [-0.2, -0.15) is 0 Å². The molecular weight excluding hydrogens is 93.9 g/mol. The lowest BCUT2D eigenvalue weighted by Gasteiger charge is -1.73. The predicted octanol–water partition coefficient (Wildman–Crippen LogP) is 0.860. The van der Waals surface area contributed by atoms with Gasteiger partial charge < -0.3 is 0 Å². The van der Waals surface area contributed by atoms with Crippen molar-refractivity contribution in [2.45, 2.75) is 0 Å². The van der Waals surface area contributed by atoms with Gasteiger partial charge in [-0.15, -0.1) is 0 Å². The topological polar surface area (TPSA) is 29.5 Å². The van der Waals surface area contributed by atoms with Crippen LogP contribution in [-0.4, -0.2) is 5.26 Å². The molecule has 0 amide bonds. The molecule has 0 saturated carbocycles. The minimum atomic E-state index is 0.113. The van der Waals surface area contributed by atoms with Gasteiger partial charge in [-0.1, -0.05) is 8.93 Å². The molecule has 0 heterocycles. The van der Waals surface area contributed by atoms with E-state index >= 15 is 0 Å². The molecule has 0 aliphatic carbocycles. The fraction of sp³-hybridized carbons (Fsp3) is 0. The van der Waals surface area contributed by atoms with Crippen LogP contribution >= 0.6 is 17.4 Å². The molecule has 0 fully saturated rings. The van der Waals surface area contributed by atoms with Crippen LogP contribution in [0, 0.1) is 0 Å². The van der Waals surface area contributed by atoms with E-state index < -0.39 is 0 Å². The second-order valence-corrected chi connectivity index (χ2v) is 1.33. The predicted molar refractivity (Wildman–Crippen MR) is 21.7 cm³/mol. The summed E-state index contributed by atoms with van der Waals surface area (Å²) in [6, 6.07) is 0. The van der Waals surface area contributed by atoms with Gasteiger partial charge in [0.25, 0.3) is 0 Å². The lowest BCUT2D eigenvalue weighted by Crippen LogP contribution is -1.46. The van der Waals surface area contributed by atoms with Crippen LogP contribution in [0.15, 0.2) is 0 Å². The minimum absolute atomic E-state index is 0.113. The van der Waals surface area contributed by atoms with Gasteiger partial charge in [0.15, 0.2) is 0 Å². The third kappa shape index (κ3) is 2.78. The summed E-state index contributed by atoms with van der Waals surface area (Å²) in [4.78, 5) is 0. The van der Waals surface area contributed by atoms with Gasteiger partial charge in [-0.25, -0.2) is 9.93 Å². The molecule has 0 bridgehead atoms. The van der Waals surface area contributed by atoms with Crippen LogP contribution in [0.4, 0.5) is 0 Å². The van der Waals surface area contributed by atoms with E-state index in [-0.39, 0.29) is 8.50 Å². The second kappa shape index (κ2) is 3.78. The largest absolute Gasteiger partial charge is 0.248 e. The highest BCUT2D eigenvalue weighted by molar-refractivity contribution is 8.00. The van der Waals surface area contributed by atoms with E-state index in [0.29, 0.717) is 0 Å². The first-order valence-electron chi connectivity index (χ1n) is 0.675. The Bertz CT molecular complexity index is 6.00. The number of hydrogen-bond donors (Lipinski definition) is 1. The van der Waals surface area contributed by atoms with E-state index in [9.17, 15) is 0 Å². The van der Waals surface area contributed by atoms with Crippen molar-refractivity contribution in [3.05, 3.63) is 0 Å². The molecule has 0 aliphatic heterocycles. The summed E-state index contributed by atoms with van der Waals surface area (Å²) in [5.74, 6) is 0. The molecular formula is H4O2P2. The molecule has 0 saturated heterocycles. The zero-order chi connectivity index (χ0) is 3.41. The van der Waals surface area contributed by atoms with E-state index in [0.717, 1.165) is 0 Å². The molecule has 2 unspecified atom stereocenters. The Hall–Kier alpha value is 0.780. The van der Waals surface area contributed by atoms with Crippen LogP contribution < -0.4 is 0 Å². The summed E-state index contributed by atoms with van der Waals surface area (Å²) >= 11 is 0. The SMILES string of the molecule is OOPP. The Balaban J connectivity index is 1.97. The molecule has 0 aromatic carbocycles. The second-order valence-electron chi connectivity index (χ2n) is 0.209. The molecule has 26 valence electrons. The van der Waals surface area contributed by atoms with Gasteiger partial charge in [0.1, 0.15) is 0 Å². The van der Waals surface area contributed by atoms with Crippen molar-refractivity contribution in [3.8, 4) is 0 Å². The fourth-order valence-electron chi connectivity index (χ4n) is 0. The van der Waals surface area contributed by atoms with Crippen LogP contribution in [-0.2, 0) is 4.67 Å². The van der Waals surface area contributed by atoms with Crippen LogP contribution in [0.1, 0.15) is 0 Å². The third-order valence-corrected chi connectivity index (χ3v) is 0.474. The highest BCUT2D eigenvalue weighted by atomic mass is 32.0. The van der Waals surface area contributed by atoms with Crippen molar-refractivity contribution in [2.75, 3.05) is 0 Å². The van der Waals surface area contributed by atoms with Crippen molar-refractivity contribution < 1.29 is 9.93 Å². The zero-order valence-corrected chi connectivity index (χ0v) is 4.09. The van der Waals surface area contributed by atoms with Crippen molar-refractivity contribution in [3.63, 3.8) is 0 Å². The van der Waals surface area contributed by atoms with Crippen molar-refractivity contribution in [1.29, 1.82) is 0 Å². The highest BCUT2D eigenvalue weighted by Gasteiger charge is 1.53. The van der Waals surface area contributed by atoms with Gasteiger partial charge in [-0.05, 0) is 0 Å². The van der Waals surface area contributed by atoms with E-state index in [4.69, 9.17) is 5.26 Å². The van der Waals surface area contributed by atoms with Crippen molar-refractivity contribution in [1.82, 2.24) is 0 Å². The van der Waals surface area contributed by atoms with Crippen LogP contribution in [0.2, 0.25) is 0 Å². The first kappa shape index (κ1) is 4.78. The third-order valence-electron chi connectivity index (χ3n) is 0.0527. The summed E-state index contributed by atoms with van der Waals surface area (Å²) in [5, 5.41) is 7.37. The maximum Gasteiger partial charge on any atom is 0.0739 e. The monoisotopic (exact) mass is 98.0 g/mol. The normalized spacial score (nSPS) is 10.5. The quantitative estimate of drug-likeness (QED) is 0.299. The van der Waals surface area contributed by atoms with Crippen LogP contribution in [0.3, 0.4) is 0 Å². The van der Waals surface area contributed by atoms with Gasteiger partial charge in [0, 0.05) is 0 Å². The molecule has 1 N–H and O–H groups in total. The molecule has 0 aromatic rings. The van der Waals surface area contributed by atoms with E-state index in [1.807, 2.05) is 0 Å². The zero-order valence-electron chi connectivity index (χ0n) is 1.93. The van der Waals surface area contributed by atoms with Gasteiger partial charge in [0.05, 0.1) is 8.50 Å². The highest BCUT2D eigenvalue weighted by Crippen LogP contribution is 2.17. The van der Waals surface area contributed by atoms with Crippen molar-refractivity contribution >= 4 is 17.4 Å². The molecule has 2 nitrogen and oxygen atoms in total. The van der Waals surface area contributed by atoms with Gasteiger partial charge in [0.2, 0.25) is 0 Å². The first-order chi connectivity index (χ1) is 1.91. The van der Waals surface area contributed by atoms with Gasteiger partial charge >= 0.3 is 0 Å². The van der Waals surface area contributed by atoms with Crippen LogP contribution in [0.25, 0.3) is 0 Å². The maximum atomic E-state index is 7.37. The smallest absolute Gasteiger partial charge is 0.0739 e. The molecule has 2 atom stereocenters. The summed E-state index contributed by atoms with van der Waals surface area (Å²) in [7, 11) is 2.32. The van der Waals surface area contributed by atoms with E-state index in [2.05, 4.69) is 13.6 Å². The minimum Gasteiger partial charge on any atom is -0.248 e. The number of rotatable bonds is 1. The van der Waals surface area contributed by atoms with Crippen molar-refractivity contribution in [2.24, 2.45) is 0 Å². The summed E-state index contributed by atoms with van der Waals surface area (Å²) in [6.45, 7) is 0. The average molecular weight is 98.0 g/mol. The molecule has 0 spiro atoms. The van der Waals surface area contributed by atoms with Gasteiger partial charge in [-0.3, -0.25) is 0 Å².